The van der Waals surface area contributed by atoms with Gasteiger partial charge in [0.15, 0.2) is 0 Å². The molecule has 5 heteroatoms. The first-order chi connectivity index (χ1) is 14.2. The fourth-order valence-corrected chi connectivity index (χ4v) is 2.61. The lowest BCUT2D eigenvalue weighted by Gasteiger charge is -2.09. The minimum atomic E-state index is -0.359. The zero-order valence-corrected chi connectivity index (χ0v) is 16.3. The van der Waals surface area contributed by atoms with Crippen molar-refractivity contribution in [1.82, 2.24) is 0 Å². The number of unbranched alkanes of at least 4 members (excludes halogenated alkanes) is 1. The highest BCUT2D eigenvalue weighted by molar-refractivity contribution is 6.04. The summed E-state index contributed by atoms with van der Waals surface area (Å²) in [6.45, 7) is 2.45. The van der Waals surface area contributed by atoms with Gasteiger partial charge in [0.25, 0.3) is 5.91 Å². The Morgan fingerprint density at radius 3 is 2.28 bits per heavy atom. The van der Waals surface area contributed by atoms with E-state index in [4.69, 9.17) is 9.47 Å². The van der Waals surface area contributed by atoms with Gasteiger partial charge in [0.1, 0.15) is 11.5 Å². The molecule has 3 rings (SSSR count). The number of anilines is 1. The van der Waals surface area contributed by atoms with Crippen molar-refractivity contribution in [2.75, 3.05) is 11.9 Å². The molecule has 1 N–H and O–H groups in total. The standard InChI is InChI=1S/C24H23NO4/c1-2-3-16-28-24(27)18-12-14-20(15-13-18)25-23(26)19-8-7-11-22(17-19)29-21-9-5-4-6-10-21/h4-15,17H,2-3,16H2,1H3,(H,25,26). The lowest BCUT2D eigenvalue weighted by atomic mass is 10.1. The Labute approximate surface area is 170 Å². The summed E-state index contributed by atoms with van der Waals surface area (Å²) in [7, 11) is 0. The lowest BCUT2D eigenvalue weighted by molar-refractivity contribution is 0.0499. The molecule has 3 aromatic rings. The van der Waals surface area contributed by atoms with Crippen molar-refractivity contribution >= 4 is 17.6 Å². The van der Waals surface area contributed by atoms with Crippen molar-refractivity contribution in [2.45, 2.75) is 19.8 Å². The normalized spacial score (nSPS) is 10.2. The van der Waals surface area contributed by atoms with E-state index in [0.717, 1.165) is 12.8 Å². The van der Waals surface area contributed by atoms with Gasteiger partial charge in [-0.15, -0.1) is 0 Å². The predicted octanol–water partition coefficient (Wildman–Crippen LogP) is 5.69. The lowest BCUT2D eigenvalue weighted by Crippen LogP contribution is -2.12. The Hall–Kier alpha value is -3.60. The maximum absolute atomic E-state index is 12.6. The summed E-state index contributed by atoms with van der Waals surface area (Å²) >= 11 is 0. The number of hydrogen-bond acceptors (Lipinski definition) is 4. The van der Waals surface area contributed by atoms with Gasteiger partial charge >= 0.3 is 5.97 Å². The Bertz CT molecular complexity index is 952. The number of ether oxygens (including phenoxy) is 2. The zero-order chi connectivity index (χ0) is 20.5. The van der Waals surface area contributed by atoms with Gasteiger partial charge in [-0.25, -0.2) is 4.79 Å². The monoisotopic (exact) mass is 389 g/mol. The second-order valence-corrected chi connectivity index (χ2v) is 6.46. The molecule has 0 radical (unpaired) electrons. The average molecular weight is 389 g/mol. The van der Waals surface area contributed by atoms with E-state index in [1.807, 2.05) is 37.3 Å². The highest BCUT2D eigenvalue weighted by Crippen LogP contribution is 2.22. The predicted molar refractivity (Wildman–Crippen MR) is 113 cm³/mol. The van der Waals surface area contributed by atoms with E-state index in [9.17, 15) is 9.59 Å². The van der Waals surface area contributed by atoms with E-state index in [-0.39, 0.29) is 11.9 Å². The van der Waals surface area contributed by atoms with Crippen LogP contribution in [0.4, 0.5) is 5.69 Å². The van der Waals surface area contributed by atoms with E-state index in [0.29, 0.717) is 34.9 Å². The van der Waals surface area contributed by atoms with Gasteiger partial charge < -0.3 is 14.8 Å². The molecule has 0 aliphatic rings. The molecule has 0 atom stereocenters. The van der Waals surface area contributed by atoms with Crippen molar-refractivity contribution in [3.05, 3.63) is 90.0 Å². The molecule has 0 heterocycles. The van der Waals surface area contributed by atoms with Crippen molar-refractivity contribution in [2.24, 2.45) is 0 Å². The summed E-state index contributed by atoms with van der Waals surface area (Å²) in [6.07, 6.45) is 1.81. The van der Waals surface area contributed by atoms with Crippen LogP contribution in [0.15, 0.2) is 78.9 Å². The van der Waals surface area contributed by atoms with Gasteiger partial charge in [0.05, 0.1) is 12.2 Å². The average Bonchev–Trinajstić information content (AvgIpc) is 2.75. The molecule has 0 unspecified atom stereocenters. The summed E-state index contributed by atoms with van der Waals surface area (Å²) in [5.74, 6) is 0.657. The number of rotatable bonds is 8. The molecule has 3 aromatic carbocycles. The van der Waals surface area contributed by atoms with E-state index in [2.05, 4.69) is 5.32 Å². The quantitative estimate of drug-likeness (QED) is 0.397. The summed E-state index contributed by atoms with van der Waals surface area (Å²) < 4.78 is 11.0. The van der Waals surface area contributed by atoms with E-state index in [1.165, 1.54) is 0 Å². The van der Waals surface area contributed by atoms with Gasteiger partial charge in [-0.1, -0.05) is 37.6 Å². The first kappa shape index (κ1) is 20.1. The third-order valence-corrected chi connectivity index (χ3v) is 4.18. The van der Waals surface area contributed by atoms with Crippen LogP contribution in [0.2, 0.25) is 0 Å². The topological polar surface area (TPSA) is 64.6 Å². The third-order valence-electron chi connectivity index (χ3n) is 4.18. The van der Waals surface area contributed by atoms with Crippen LogP contribution in [0.5, 0.6) is 11.5 Å². The van der Waals surface area contributed by atoms with Gasteiger partial charge in [-0.05, 0) is 61.0 Å². The van der Waals surface area contributed by atoms with Crippen molar-refractivity contribution in [3.8, 4) is 11.5 Å². The van der Waals surface area contributed by atoms with E-state index >= 15 is 0 Å². The van der Waals surface area contributed by atoms with Crippen LogP contribution in [0.1, 0.15) is 40.5 Å². The van der Waals surface area contributed by atoms with Crippen molar-refractivity contribution in [3.63, 3.8) is 0 Å². The minimum Gasteiger partial charge on any atom is -0.462 e. The molecule has 0 aliphatic heterocycles. The molecule has 29 heavy (non-hydrogen) atoms. The summed E-state index contributed by atoms with van der Waals surface area (Å²) in [4.78, 5) is 24.5. The maximum Gasteiger partial charge on any atom is 0.338 e. The number of nitrogens with one attached hydrogen (secondary N) is 1. The van der Waals surface area contributed by atoms with Gasteiger partial charge in [-0.2, -0.15) is 0 Å². The number of hydrogen-bond donors (Lipinski definition) is 1. The molecule has 0 saturated carbocycles. The highest BCUT2D eigenvalue weighted by atomic mass is 16.5. The maximum atomic E-state index is 12.6. The summed E-state index contributed by atoms with van der Waals surface area (Å²) in [5, 5.41) is 2.82. The third kappa shape index (κ3) is 5.94. The Morgan fingerprint density at radius 1 is 0.828 bits per heavy atom. The molecule has 0 bridgehead atoms. The largest absolute Gasteiger partial charge is 0.462 e. The Balaban J connectivity index is 1.61. The Kier molecular flexibility index (Phi) is 7.00. The highest BCUT2D eigenvalue weighted by Gasteiger charge is 2.10. The first-order valence-corrected chi connectivity index (χ1v) is 9.57. The van der Waals surface area contributed by atoms with Crippen LogP contribution < -0.4 is 10.1 Å². The SMILES string of the molecule is CCCCOC(=O)c1ccc(NC(=O)c2cccc(Oc3ccccc3)c2)cc1. The second-order valence-electron chi connectivity index (χ2n) is 6.46. The number of benzene rings is 3. The van der Waals surface area contributed by atoms with Crippen LogP contribution in [0, 0.1) is 0 Å². The fraction of sp³-hybridized carbons (Fsp3) is 0.167. The van der Waals surface area contributed by atoms with Gasteiger partial charge in [0, 0.05) is 11.3 Å². The zero-order valence-electron chi connectivity index (χ0n) is 16.3. The molecule has 0 aromatic heterocycles. The Morgan fingerprint density at radius 2 is 1.55 bits per heavy atom. The number of carbonyl (C=O) groups is 2. The molecule has 1 amide bonds. The molecule has 5 nitrogen and oxygen atoms in total. The summed E-state index contributed by atoms with van der Waals surface area (Å²) in [6, 6.07) is 23.0. The molecule has 0 fully saturated rings. The van der Waals surface area contributed by atoms with Crippen LogP contribution in [-0.2, 0) is 4.74 Å². The minimum absolute atomic E-state index is 0.262. The first-order valence-electron chi connectivity index (χ1n) is 9.57. The van der Waals surface area contributed by atoms with E-state index in [1.54, 1.807) is 48.5 Å². The van der Waals surface area contributed by atoms with Crippen LogP contribution in [0.25, 0.3) is 0 Å². The molecule has 0 aliphatic carbocycles. The smallest absolute Gasteiger partial charge is 0.338 e. The molecule has 148 valence electrons. The molecule has 0 saturated heterocycles. The second kappa shape index (κ2) is 10.1. The molecule has 0 spiro atoms. The van der Waals surface area contributed by atoms with Crippen molar-refractivity contribution < 1.29 is 19.1 Å². The number of carbonyl (C=O) groups excluding carboxylic acids is 2. The number of para-hydroxylation sites is 1. The number of amides is 1. The van der Waals surface area contributed by atoms with Crippen LogP contribution in [-0.4, -0.2) is 18.5 Å². The van der Waals surface area contributed by atoms with Gasteiger partial charge in [0.2, 0.25) is 0 Å². The molecular formula is C24H23NO4. The number of esters is 1. The van der Waals surface area contributed by atoms with Crippen LogP contribution >= 0.6 is 0 Å². The van der Waals surface area contributed by atoms with Crippen LogP contribution in [0.3, 0.4) is 0 Å². The molecular weight excluding hydrogens is 366 g/mol. The summed E-state index contributed by atoms with van der Waals surface area (Å²) in [5.41, 5.74) is 1.52. The van der Waals surface area contributed by atoms with E-state index < -0.39 is 0 Å². The van der Waals surface area contributed by atoms with Gasteiger partial charge in [-0.3, -0.25) is 4.79 Å². The fourth-order valence-electron chi connectivity index (χ4n) is 2.61. The van der Waals surface area contributed by atoms with Crippen molar-refractivity contribution in [1.29, 1.82) is 0 Å².